The van der Waals surface area contributed by atoms with Gasteiger partial charge in [0.05, 0.1) is 12.0 Å². The molecule has 1 aromatic heterocycles. The van der Waals surface area contributed by atoms with E-state index in [-0.39, 0.29) is 0 Å². The molecule has 0 aliphatic rings. The van der Waals surface area contributed by atoms with Crippen molar-refractivity contribution in [1.29, 1.82) is 0 Å². The van der Waals surface area contributed by atoms with Crippen molar-refractivity contribution < 1.29 is 0 Å². The fourth-order valence-electron chi connectivity index (χ4n) is 1.82. The standard InChI is InChI=1S/C11H21N3/c1-4-7-14-8-13-10(11(14)12)9(5-2)6-3/h8-9H,4-7,12H2,1-3H3. The number of anilines is 1. The van der Waals surface area contributed by atoms with Gasteiger partial charge in [0.25, 0.3) is 0 Å². The number of imidazole rings is 1. The van der Waals surface area contributed by atoms with Gasteiger partial charge in [-0.05, 0) is 19.3 Å². The van der Waals surface area contributed by atoms with Crippen molar-refractivity contribution in [3.05, 3.63) is 12.0 Å². The van der Waals surface area contributed by atoms with Crippen molar-refractivity contribution in [2.45, 2.75) is 52.5 Å². The molecule has 2 N–H and O–H groups in total. The maximum absolute atomic E-state index is 6.04. The molecule has 1 aromatic rings. The molecule has 0 aromatic carbocycles. The van der Waals surface area contributed by atoms with Gasteiger partial charge in [-0.1, -0.05) is 20.8 Å². The Morgan fingerprint density at radius 3 is 2.50 bits per heavy atom. The highest BCUT2D eigenvalue weighted by Gasteiger charge is 2.15. The zero-order valence-corrected chi connectivity index (χ0v) is 9.45. The highest BCUT2D eigenvalue weighted by Crippen LogP contribution is 2.26. The van der Waals surface area contributed by atoms with Crippen LogP contribution in [0.4, 0.5) is 5.82 Å². The second-order valence-corrected chi connectivity index (χ2v) is 3.72. The summed E-state index contributed by atoms with van der Waals surface area (Å²) in [6.45, 7) is 7.49. The number of hydrogen-bond acceptors (Lipinski definition) is 2. The van der Waals surface area contributed by atoms with Crippen LogP contribution in [0.1, 0.15) is 51.6 Å². The van der Waals surface area contributed by atoms with Crippen LogP contribution in [-0.4, -0.2) is 9.55 Å². The predicted molar refractivity (Wildman–Crippen MR) is 60.3 cm³/mol. The summed E-state index contributed by atoms with van der Waals surface area (Å²) in [6.07, 6.45) is 5.20. The lowest BCUT2D eigenvalue weighted by Crippen LogP contribution is -2.05. The molecule has 80 valence electrons. The third kappa shape index (κ3) is 2.08. The number of nitrogens with two attached hydrogens (primary N) is 1. The molecule has 0 aliphatic heterocycles. The highest BCUT2D eigenvalue weighted by atomic mass is 15.1. The predicted octanol–water partition coefficient (Wildman–Crippen LogP) is 2.78. The van der Waals surface area contributed by atoms with Crippen LogP contribution in [0.3, 0.4) is 0 Å². The maximum atomic E-state index is 6.04. The van der Waals surface area contributed by atoms with E-state index in [0.29, 0.717) is 5.92 Å². The Hall–Kier alpha value is -0.990. The van der Waals surface area contributed by atoms with E-state index in [9.17, 15) is 0 Å². The molecule has 0 amide bonds. The third-order valence-corrected chi connectivity index (χ3v) is 2.74. The van der Waals surface area contributed by atoms with E-state index in [1.165, 1.54) is 0 Å². The molecule has 0 atom stereocenters. The summed E-state index contributed by atoms with van der Waals surface area (Å²) in [4.78, 5) is 4.41. The van der Waals surface area contributed by atoms with Gasteiger partial charge in [0.2, 0.25) is 0 Å². The number of nitrogen functional groups attached to an aromatic ring is 1. The van der Waals surface area contributed by atoms with Gasteiger partial charge in [-0.2, -0.15) is 0 Å². The van der Waals surface area contributed by atoms with E-state index in [4.69, 9.17) is 5.73 Å². The van der Waals surface area contributed by atoms with Gasteiger partial charge in [-0.3, -0.25) is 0 Å². The number of nitrogens with zero attached hydrogens (tertiary/aromatic N) is 2. The SMILES string of the molecule is CCCn1cnc(C(CC)CC)c1N. The lowest BCUT2D eigenvalue weighted by molar-refractivity contribution is 0.626. The van der Waals surface area contributed by atoms with Crippen molar-refractivity contribution in [1.82, 2.24) is 9.55 Å². The Morgan fingerprint density at radius 2 is 2.00 bits per heavy atom. The molecule has 14 heavy (non-hydrogen) atoms. The number of rotatable bonds is 5. The zero-order valence-electron chi connectivity index (χ0n) is 9.45. The van der Waals surface area contributed by atoms with Gasteiger partial charge >= 0.3 is 0 Å². The third-order valence-electron chi connectivity index (χ3n) is 2.74. The first-order chi connectivity index (χ1) is 6.74. The molecule has 0 bridgehead atoms. The van der Waals surface area contributed by atoms with Crippen LogP contribution in [0.15, 0.2) is 6.33 Å². The first kappa shape index (κ1) is 11.1. The van der Waals surface area contributed by atoms with Crippen molar-refractivity contribution in [3.63, 3.8) is 0 Å². The van der Waals surface area contributed by atoms with E-state index < -0.39 is 0 Å². The highest BCUT2D eigenvalue weighted by molar-refractivity contribution is 5.38. The summed E-state index contributed by atoms with van der Waals surface area (Å²) in [6, 6.07) is 0. The Labute approximate surface area is 86.3 Å². The van der Waals surface area contributed by atoms with Gasteiger partial charge in [0, 0.05) is 12.5 Å². The monoisotopic (exact) mass is 195 g/mol. The number of aryl methyl sites for hydroxylation is 1. The summed E-state index contributed by atoms with van der Waals surface area (Å²) < 4.78 is 2.05. The van der Waals surface area contributed by atoms with Crippen molar-refractivity contribution in [2.75, 3.05) is 5.73 Å². The maximum Gasteiger partial charge on any atom is 0.126 e. The summed E-state index contributed by atoms with van der Waals surface area (Å²) in [7, 11) is 0. The van der Waals surface area contributed by atoms with Crippen LogP contribution >= 0.6 is 0 Å². The number of hydrogen-bond donors (Lipinski definition) is 1. The summed E-state index contributed by atoms with van der Waals surface area (Å²) in [5.74, 6) is 1.38. The molecule has 0 unspecified atom stereocenters. The normalized spacial score (nSPS) is 11.1. The van der Waals surface area contributed by atoms with Crippen molar-refractivity contribution >= 4 is 5.82 Å². The second kappa shape index (κ2) is 5.03. The fourth-order valence-corrected chi connectivity index (χ4v) is 1.82. The number of aromatic nitrogens is 2. The molecule has 1 heterocycles. The Balaban J connectivity index is 2.87. The topological polar surface area (TPSA) is 43.8 Å². The average molecular weight is 195 g/mol. The lowest BCUT2D eigenvalue weighted by atomic mass is 9.99. The largest absolute Gasteiger partial charge is 0.384 e. The quantitative estimate of drug-likeness (QED) is 0.785. The molecule has 1 rings (SSSR count). The van der Waals surface area contributed by atoms with Gasteiger partial charge < -0.3 is 10.3 Å². The molecule has 0 fully saturated rings. The van der Waals surface area contributed by atoms with Crippen LogP contribution in [0.5, 0.6) is 0 Å². The Morgan fingerprint density at radius 1 is 1.36 bits per heavy atom. The Bertz CT molecular complexity index is 274. The van der Waals surface area contributed by atoms with Gasteiger partial charge in [-0.15, -0.1) is 0 Å². The lowest BCUT2D eigenvalue weighted by Gasteiger charge is -2.11. The summed E-state index contributed by atoms with van der Waals surface area (Å²) >= 11 is 0. The minimum absolute atomic E-state index is 0.521. The van der Waals surface area contributed by atoms with E-state index in [2.05, 4.69) is 25.8 Å². The van der Waals surface area contributed by atoms with Crippen LogP contribution in [0.2, 0.25) is 0 Å². The average Bonchev–Trinajstić information content (AvgIpc) is 2.53. The van der Waals surface area contributed by atoms with E-state index >= 15 is 0 Å². The minimum atomic E-state index is 0.521. The van der Waals surface area contributed by atoms with Gasteiger partial charge in [0.15, 0.2) is 0 Å². The molecule has 0 aliphatic carbocycles. The zero-order chi connectivity index (χ0) is 10.6. The van der Waals surface area contributed by atoms with Crippen LogP contribution in [0, 0.1) is 0 Å². The molecule has 3 heteroatoms. The Kier molecular flexibility index (Phi) is 3.98. The van der Waals surface area contributed by atoms with E-state index in [0.717, 1.165) is 37.3 Å². The van der Waals surface area contributed by atoms with E-state index in [1.54, 1.807) is 0 Å². The molecule has 0 saturated carbocycles. The van der Waals surface area contributed by atoms with Crippen LogP contribution in [0.25, 0.3) is 0 Å². The molecule has 0 spiro atoms. The smallest absolute Gasteiger partial charge is 0.126 e. The second-order valence-electron chi connectivity index (χ2n) is 3.72. The summed E-state index contributed by atoms with van der Waals surface area (Å²) in [5, 5.41) is 0. The first-order valence-electron chi connectivity index (χ1n) is 5.55. The fraction of sp³-hybridized carbons (Fsp3) is 0.727. The van der Waals surface area contributed by atoms with Gasteiger partial charge in [-0.25, -0.2) is 4.98 Å². The van der Waals surface area contributed by atoms with Crippen LogP contribution in [-0.2, 0) is 6.54 Å². The first-order valence-corrected chi connectivity index (χ1v) is 5.55. The minimum Gasteiger partial charge on any atom is -0.384 e. The van der Waals surface area contributed by atoms with Crippen molar-refractivity contribution in [2.24, 2.45) is 0 Å². The molecular formula is C11H21N3. The van der Waals surface area contributed by atoms with Crippen molar-refractivity contribution in [3.8, 4) is 0 Å². The van der Waals surface area contributed by atoms with Crippen LogP contribution < -0.4 is 5.73 Å². The van der Waals surface area contributed by atoms with E-state index in [1.807, 2.05) is 10.9 Å². The molecule has 0 radical (unpaired) electrons. The molecule has 0 saturated heterocycles. The summed E-state index contributed by atoms with van der Waals surface area (Å²) in [5.41, 5.74) is 7.13. The molecular weight excluding hydrogens is 174 g/mol. The molecule has 3 nitrogen and oxygen atoms in total. The van der Waals surface area contributed by atoms with Gasteiger partial charge in [0.1, 0.15) is 5.82 Å².